The Morgan fingerprint density at radius 1 is 0.967 bits per heavy atom. The Morgan fingerprint density at radius 2 is 1.63 bits per heavy atom. The van der Waals surface area contributed by atoms with Crippen LogP contribution >= 0.6 is 11.8 Å². The van der Waals surface area contributed by atoms with Crippen LogP contribution in [0.1, 0.15) is 36.7 Å². The van der Waals surface area contributed by atoms with Gasteiger partial charge in [0.1, 0.15) is 0 Å². The summed E-state index contributed by atoms with van der Waals surface area (Å²) in [7, 11) is 0. The number of hydrogen-bond donors (Lipinski definition) is 2. The highest BCUT2D eigenvalue weighted by molar-refractivity contribution is 8.00. The first-order chi connectivity index (χ1) is 14.4. The summed E-state index contributed by atoms with van der Waals surface area (Å²) in [5.74, 6) is -0.851. The first-order valence-corrected chi connectivity index (χ1v) is 10.9. The van der Waals surface area contributed by atoms with Gasteiger partial charge in [-0.3, -0.25) is 9.59 Å². The second-order valence-corrected chi connectivity index (χ2v) is 8.10. The van der Waals surface area contributed by atoms with Crippen molar-refractivity contribution in [2.24, 2.45) is 0 Å². The number of benzene rings is 2. The molecule has 160 valence electrons. The van der Waals surface area contributed by atoms with Crippen LogP contribution in [0.15, 0.2) is 59.5 Å². The SMILES string of the molecule is CC(C)NC(=O)CSc1ccccc1C(=O)OC(C)C(=O)NCCc1ccccc1. The third-order valence-corrected chi connectivity index (χ3v) is 5.20. The molecule has 2 aromatic carbocycles. The molecular formula is C23H28N2O4S. The molecule has 0 bridgehead atoms. The molecule has 0 radical (unpaired) electrons. The van der Waals surface area contributed by atoms with Crippen LogP contribution in [0.25, 0.3) is 0 Å². The molecule has 0 saturated carbocycles. The van der Waals surface area contributed by atoms with Gasteiger partial charge in [0.2, 0.25) is 5.91 Å². The highest BCUT2D eigenvalue weighted by Gasteiger charge is 2.21. The molecular weight excluding hydrogens is 400 g/mol. The van der Waals surface area contributed by atoms with Crippen LogP contribution in [0, 0.1) is 0 Å². The van der Waals surface area contributed by atoms with E-state index in [0.29, 0.717) is 23.4 Å². The van der Waals surface area contributed by atoms with Gasteiger partial charge in [-0.05, 0) is 44.9 Å². The van der Waals surface area contributed by atoms with Gasteiger partial charge in [-0.1, -0.05) is 42.5 Å². The number of thioether (sulfide) groups is 1. The molecule has 2 aromatic rings. The molecule has 0 aliphatic heterocycles. The fourth-order valence-electron chi connectivity index (χ4n) is 2.66. The van der Waals surface area contributed by atoms with E-state index in [1.807, 2.05) is 44.2 Å². The predicted octanol–water partition coefficient (Wildman–Crippen LogP) is 3.21. The topological polar surface area (TPSA) is 84.5 Å². The molecule has 0 aromatic heterocycles. The van der Waals surface area contributed by atoms with Crippen LogP contribution in [0.3, 0.4) is 0 Å². The van der Waals surface area contributed by atoms with Crippen molar-refractivity contribution >= 4 is 29.5 Å². The third-order valence-electron chi connectivity index (χ3n) is 4.12. The summed E-state index contributed by atoms with van der Waals surface area (Å²) >= 11 is 1.26. The number of carbonyl (C=O) groups is 3. The van der Waals surface area contributed by atoms with E-state index < -0.39 is 12.1 Å². The predicted molar refractivity (Wildman–Crippen MR) is 118 cm³/mol. The van der Waals surface area contributed by atoms with Gasteiger partial charge in [0.05, 0.1) is 11.3 Å². The van der Waals surface area contributed by atoms with Crippen molar-refractivity contribution in [2.75, 3.05) is 12.3 Å². The Labute approximate surface area is 181 Å². The maximum Gasteiger partial charge on any atom is 0.340 e. The number of amides is 2. The standard InChI is InChI=1S/C23H28N2O4S/c1-16(2)25-21(26)15-30-20-12-8-7-11-19(20)23(28)29-17(3)22(27)24-14-13-18-9-5-4-6-10-18/h4-12,16-17H,13-15H2,1-3H3,(H,24,27)(H,25,26). The fourth-order valence-corrected chi connectivity index (χ4v) is 3.52. The minimum atomic E-state index is -0.921. The van der Waals surface area contributed by atoms with Crippen molar-refractivity contribution in [2.45, 2.75) is 44.2 Å². The van der Waals surface area contributed by atoms with Crippen molar-refractivity contribution in [3.8, 4) is 0 Å². The zero-order valence-corrected chi connectivity index (χ0v) is 18.3. The Kier molecular flexibility index (Phi) is 9.41. The number of nitrogens with one attached hydrogen (secondary N) is 2. The summed E-state index contributed by atoms with van der Waals surface area (Å²) in [5, 5.41) is 5.60. The maximum absolute atomic E-state index is 12.6. The van der Waals surface area contributed by atoms with E-state index in [2.05, 4.69) is 10.6 Å². The van der Waals surface area contributed by atoms with E-state index >= 15 is 0 Å². The molecule has 2 N–H and O–H groups in total. The molecule has 0 aliphatic carbocycles. The van der Waals surface area contributed by atoms with Gasteiger partial charge >= 0.3 is 5.97 Å². The maximum atomic E-state index is 12.6. The van der Waals surface area contributed by atoms with Gasteiger partial charge in [0, 0.05) is 17.5 Å². The van der Waals surface area contributed by atoms with Gasteiger partial charge in [0.15, 0.2) is 6.10 Å². The van der Waals surface area contributed by atoms with Crippen molar-refractivity contribution in [1.29, 1.82) is 0 Å². The van der Waals surface area contributed by atoms with Crippen LogP contribution < -0.4 is 10.6 Å². The van der Waals surface area contributed by atoms with Crippen molar-refractivity contribution in [3.05, 3.63) is 65.7 Å². The monoisotopic (exact) mass is 428 g/mol. The zero-order chi connectivity index (χ0) is 21.9. The van der Waals surface area contributed by atoms with Crippen LogP contribution in [0.2, 0.25) is 0 Å². The lowest BCUT2D eigenvalue weighted by Gasteiger charge is -2.15. The minimum absolute atomic E-state index is 0.0551. The summed E-state index contributed by atoms with van der Waals surface area (Å²) in [6.45, 7) is 5.78. The fraction of sp³-hybridized carbons (Fsp3) is 0.348. The van der Waals surface area contributed by atoms with Crippen LogP contribution in [-0.4, -0.2) is 42.2 Å². The van der Waals surface area contributed by atoms with Crippen molar-refractivity contribution in [3.63, 3.8) is 0 Å². The Balaban J connectivity index is 1.87. The first kappa shape index (κ1) is 23.5. The smallest absolute Gasteiger partial charge is 0.340 e. The van der Waals surface area contributed by atoms with Crippen LogP contribution in [0.5, 0.6) is 0 Å². The van der Waals surface area contributed by atoms with Gasteiger partial charge in [0.25, 0.3) is 5.91 Å². The molecule has 7 heteroatoms. The molecule has 0 saturated heterocycles. The van der Waals surface area contributed by atoms with Crippen molar-refractivity contribution < 1.29 is 19.1 Å². The number of carbonyl (C=O) groups excluding carboxylic acids is 3. The lowest BCUT2D eigenvalue weighted by molar-refractivity contribution is -0.129. The average molecular weight is 429 g/mol. The van der Waals surface area contributed by atoms with E-state index in [0.717, 1.165) is 5.56 Å². The lowest BCUT2D eigenvalue weighted by atomic mass is 10.1. The molecule has 6 nitrogen and oxygen atoms in total. The Morgan fingerprint density at radius 3 is 2.33 bits per heavy atom. The van der Waals surface area contributed by atoms with E-state index in [-0.39, 0.29) is 23.6 Å². The average Bonchev–Trinajstić information content (AvgIpc) is 2.72. The van der Waals surface area contributed by atoms with Crippen molar-refractivity contribution in [1.82, 2.24) is 10.6 Å². The normalized spacial score (nSPS) is 11.6. The molecule has 2 rings (SSSR count). The van der Waals surface area contributed by atoms with Gasteiger partial charge in [-0.15, -0.1) is 11.8 Å². The summed E-state index contributed by atoms with van der Waals surface area (Å²) in [5.41, 5.74) is 1.46. The molecule has 1 unspecified atom stereocenters. The third kappa shape index (κ3) is 7.91. The van der Waals surface area contributed by atoms with Crippen LogP contribution in [-0.2, 0) is 20.7 Å². The summed E-state index contributed by atoms with van der Waals surface area (Å²) in [6.07, 6.45) is -0.221. The van der Waals surface area contributed by atoms with Gasteiger partial charge in [-0.25, -0.2) is 4.79 Å². The highest BCUT2D eigenvalue weighted by Crippen LogP contribution is 2.23. The minimum Gasteiger partial charge on any atom is -0.449 e. The molecule has 0 aliphatic rings. The molecule has 2 amide bonds. The number of hydrogen-bond acceptors (Lipinski definition) is 5. The zero-order valence-electron chi connectivity index (χ0n) is 17.5. The van der Waals surface area contributed by atoms with Gasteiger partial charge < -0.3 is 15.4 Å². The molecule has 0 fully saturated rings. The first-order valence-electron chi connectivity index (χ1n) is 9.90. The quantitative estimate of drug-likeness (QED) is 0.448. The molecule has 0 heterocycles. The highest BCUT2D eigenvalue weighted by atomic mass is 32.2. The number of rotatable bonds is 10. The lowest BCUT2D eigenvalue weighted by Crippen LogP contribution is -2.37. The van der Waals surface area contributed by atoms with E-state index in [9.17, 15) is 14.4 Å². The summed E-state index contributed by atoms with van der Waals surface area (Å²) in [6, 6.07) is 16.8. The van der Waals surface area contributed by atoms with E-state index in [1.54, 1.807) is 31.2 Å². The van der Waals surface area contributed by atoms with Gasteiger partial charge in [-0.2, -0.15) is 0 Å². The number of esters is 1. The Bertz CT molecular complexity index is 855. The largest absolute Gasteiger partial charge is 0.449 e. The van der Waals surface area contributed by atoms with E-state index in [4.69, 9.17) is 4.74 Å². The van der Waals surface area contributed by atoms with Crippen LogP contribution in [0.4, 0.5) is 0 Å². The van der Waals surface area contributed by atoms with E-state index in [1.165, 1.54) is 11.8 Å². The summed E-state index contributed by atoms with van der Waals surface area (Å²) in [4.78, 5) is 37.4. The molecule has 1 atom stereocenters. The molecule has 30 heavy (non-hydrogen) atoms. The molecule has 0 spiro atoms. The second-order valence-electron chi connectivity index (χ2n) is 7.08. The summed E-state index contributed by atoms with van der Waals surface area (Å²) < 4.78 is 5.35. The second kappa shape index (κ2) is 12.0. The Hall–Kier alpha value is -2.80. The number of ether oxygens (including phenoxy) is 1.